The smallest absolute Gasteiger partial charge is 0.387 e. The summed E-state index contributed by atoms with van der Waals surface area (Å²) in [6.07, 6.45) is 1.55. The maximum absolute atomic E-state index is 11.9. The molecule has 0 saturated carbocycles. The van der Waals surface area contributed by atoms with Gasteiger partial charge in [0, 0.05) is 0 Å². The number of aromatic nitrogens is 4. The van der Waals surface area contributed by atoms with Gasteiger partial charge in [0.05, 0.1) is 19.5 Å². The van der Waals surface area contributed by atoms with E-state index in [9.17, 15) is 28.8 Å². The van der Waals surface area contributed by atoms with Crippen molar-refractivity contribution in [2.45, 2.75) is 24.5 Å². The Labute approximate surface area is 190 Å². The zero-order valence-electron chi connectivity index (χ0n) is 16.6. The summed E-state index contributed by atoms with van der Waals surface area (Å²) >= 11 is 0. The van der Waals surface area contributed by atoms with Gasteiger partial charge in [-0.2, -0.15) is 8.62 Å². The number of nitrogens with one attached hydrogen (secondary N) is 1. The standard InChI is InChI=1S/C13H18N5O13P3/c1-2-3-14-11-8-12(16-5-15-11)18(6-17-8)13-10(20)9(19)7(29-13)4-28-33(24,25)31-34(26,27)30-32(21,22)23/h1,5-7,9-10,13,19-20H,3-4H2,(H,24,25)(H,26,27)(H,14,15,16)(H2,21,22,23)/t7-,9-,10-,13-/m1/s1. The first kappa shape index (κ1) is 26.8. The molecule has 3 heterocycles. The predicted molar refractivity (Wildman–Crippen MR) is 108 cm³/mol. The van der Waals surface area contributed by atoms with Gasteiger partial charge in [-0.15, -0.1) is 6.42 Å². The molecule has 18 nitrogen and oxygen atoms in total. The van der Waals surface area contributed by atoms with Gasteiger partial charge in [0.15, 0.2) is 23.2 Å². The number of anilines is 1. The molecule has 2 aromatic rings. The first-order valence-electron chi connectivity index (χ1n) is 8.88. The highest BCUT2D eigenvalue weighted by atomic mass is 31.3. The Morgan fingerprint density at radius 2 is 1.79 bits per heavy atom. The van der Waals surface area contributed by atoms with E-state index in [2.05, 4.69) is 39.3 Å². The molecule has 0 aromatic carbocycles. The van der Waals surface area contributed by atoms with Gasteiger partial charge in [0.25, 0.3) is 0 Å². The number of nitrogens with zero attached hydrogens (tertiary/aromatic N) is 4. The Morgan fingerprint density at radius 1 is 1.09 bits per heavy atom. The quantitative estimate of drug-likeness (QED) is 0.137. The van der Waals surface area contributed by atoms with Gasteiger partial charge in [-0.3, -0.25) is 9.09 Å². The molecule has 34 heavy (non-hydrogen) atoms. The highest BCUT2D eigenvalue weighted by Gasteiger charge is 2.47. The van der Waals surface area contributed by atoms with Gasteiger partial charge in [-0.1, -0.05) is 5.92 Å². The minimum atomic E-state index is -5.72. The zero-order chi connectivity index (χ0) is 25.3. The zero-order valence-corrected chi connectivity index (χ0v) is 19.3. The summed E-state index contributed by atoms with van der Waals surface area (Å²) in [4.78, 5) is 47.9. The lowest BCUT2D eigenvalue weighted by Crippen LogP contribution is -2.33. The summed E-state index contributed by atoms with van der Waals surface area (Å²) in [7, 11) is -16.7. The summed E-state index contributed by atoms with van der Waals surface area (Å²) in [6, 6.07) is 0. The van der Waals surface area contributed by atoms with E-state index in [1.807, 2.05) is 0 Å². The van der Waals surface area contributed by atoms with Crippen LogP contribution in [0.4, 0.5) is 5.82 Å². The van der Waals surface area contributed by atoms with Crippen LogP contribution in [0.2, 0.25) is 0 Å². The van der Waals surface area contributed by atoms with Gasteiger partial charge in [0.1, 0.15) is 24.6 Å². The maximum atomic E-state index is 11.9. The molecule has 7 N–H and O–H groups in total. The first-order valence-corrected chi connectivity index (χ1v) is 13.4. The second-order valence-electron chi connectivity index (χ2n) is 6.54. The van der Waals surface area contributed by atoms with E-state index in [4.69, 9.17) is 25.8 Å². The molecule has 21 heteroatoms. The van der Waals surface area contributed by atoms with E-state index >= 15 is 0 Å². The van der Waals surface area contributed by atoms with E-state index in [0.717, 1.165) is 0 Å². The molecule has 1 aliphatic heterocycles. The number of phosphoric acid groups is 3. The van der Waals surface area contributed by atoms with Crippen LogP contribution in [0.25, 0.3) is 11.2 Å². The number of aliphatic hydroxyl groups is 2. The van der Waals surface area contributed by atoms with Crippen LogP contribution in [-0.2, 0) is 31.6 Å². The maximum Gasteiger partial charge on any atom is 0.490 e. The van der Waals surface area contributed by atoms with Crippen molar-refractivity contribution in [3.63, 3.8) is 0 Å². The molecule has 2 unspecified atom stereocenters. The molecule has 0 amide bonds. The van der Waals surface area contributed by atoms with Gasteiger partial charge in [-0.25, -0.2) is 28.6 Å². The molecule has 1 fully saturated rings. The molecule has 0 aliphatic carbocycles. The summed E-state index contributed by atoms with van der Waals surface area (Å²) in [6.45, 7) is -0.822. The largest absolute Gasteiger partial charge is 0.490 e. The minimum Gasteiger partial charge on any atom is -0.387 e. The third-order valence-corrected chi connectivity index (χ3v) is 7.95. The van der Waals surface area contributed by atoms with Crippen LogP contribution in [0.5, 0.6) is 0 Å². The summed E-state index contributed by atoms with van der Waals surface area (Å²) < 4.78 is 52.2. The van der Waals surface area contributed by atoms with Crippen molar-refractivity contribution in [3.05, 3.63) is 12.7 Å². The highest BCUT2D eigenvalue weighted by molar-refractivity contribution is 7.66. The van der Waals surface area contributed by atoms with Crippen molar-refractivity contribution in [2.24, 2.45) is 0 Å². The molecule has 188 valence electrons. The Bertz CT molecular complexity index is 1230. The van der Waals surface area contributed by atoms with Gasteiger partial charge >= 0.3 is 23.5 Å². The average molecular weight is 545 g/mol. The lowest BCUT2D eigenvalue weighted by molar-refractivity contribution is -0.0503. The minimum absolute atomic E-state index is 0.142. The number of ether oxygens (including phenoxy) is 1. The van der Waals surface area contributed by atoms with Crippen LogP contribution in [0, 0.1) is 12.3 Å². The van der Waals surface area contributed by atoms with Crippen LogP contribution in [0.1, 0.15) is 6.23 Å². The fourth-order valence-electron chi connectivity index (χ4n) is 2.87. The van der Waals surface area contributed by atoms with E-state index in [1.54, 1.807) is 0 Å². The van der Waals surface area contributed by atoms with Crippen molar-refractivity contribution in [1.29, 1.82) is 0 Å². The Hall–Kier alpha value is -1.80. The normalized spacial score (nSPS) is 26.6. The summed E-state index contributed by atoms with van der Waals surface area (Å²) in [5, 5.41) is 23.5. The number of phosphoric ester groups is 1. The molecule has 1 aliphatic rings. The van der Waals surface area contributed by atoms with Crippen LogP contribution in [-0.4, -0.2) is 80.8 Å². The second kappa shape index (κ2) is 10.1. The van der Waals surface area contributed by atoms with Crippen LogP contribution >= 0.6 is 23.5 Å². The number of rotatable bonds is 10. The number of terminal acetylenes is 1. The number of imidazole rings is 1. The van der Waals surface area contributed by atoms with Crippen molar-refractivity contribution in [2.75, 3.05) is 18.5 Å². The number of hydrogen-bond acceptors (Lipinski definition) is 13. The molecular formula is C13H18N5O13P3. The van der Waals surface area contributed by atoms with Gasteiger partial charge in [-0.05, 0) is 0 Å². The molecule has 0 spiro atoms. The molecule has 0 bridgehead atoms. The molecule has 2 aromatic heterocycles. The fraction of sp³-hybridized carbons (Fsp3) is 0.462. The van der Waals surface area contributed by atoms with Crippen LogP contribution < -0.4 is 5.32 Å². The number of aliphatic hydroxyl groups excluding tert-OH is 2. The monoisotopic (exact) mass is 545 g/mol. The molecular weight excluding hydrogens is 527 g/mol. The van der Waals surface area contributed by atoms with Crippen LogP contribution in [0.3, 0.4) is 0 Å². The molecule has 1 saturated heterocycles. The third kappa shape index (κ3) is 6.45. The lowest BCUT2D eigenvalue weighted by atomic mass is 10.1. The van der Waals surface area contributed by atoms with Crippen molar-refractivity contribution >= 4 is 40.4 Å². The second-order valence-corrected chi connectivity index (χ2v) is 11.0. The van der Waals surface area contributed by atoms with E-state index in [-0.39, 0.29) is 17.7 Å². The van der Waals surface area contributed by atoms with Crippen molar-refractivity contribution in [1.82, 2.24) is 19.5 Å². The first-order chi connectivity index (χ1) is 15.7. The Morgan fingerprint density at radius 3 is 2.44 bits per heavy atom. The lowest BCUT2D eigenvalue weighted by Gasteiger charge is -2.19. The van der Waals surface area contributed by atoms with E-state index in [1.165, 1.54) is 17.2 Å². The highest BCUT2D eigenvalue weighted by Crippen LogP contribution is 2.66. The molecule has 6 atom stereocenters. The van der Waals surface area contributed by atoms with Crippen molar-refractivity contribution in [3.8, 4) is 12.3 Å². The predicted octanol–water partition coefficient (Wildman–Crippen LogP) is -1.17. The van der Waals surface area contributed by atoms with Gasteiger partial charge in [0.2, 0.25) is 0 Å². The number of fused-ring (bicyclic) bond motifs is 1. The summed E-state index contributed by atoms with van der Waals surface area (Å²) in [5.74, 6) is 2.65. The van der Waals surface area contributed by atoms with E-state index < -0.39 is 54.6 Å². The average Bonchev–Trinajstić information content (AvgIpc) is 3.24. The Balaban J connectivity index is 1.71. The third-order valence-electron chi connectivity index (χ3n) is 4.15. The Kier molecular flexibility index (Phi) is 7.92. The SMILES string of the molecule is C#CCNc1ncnc2c1ncn2[C@@H]1O[C@H](COP(=O)(O)OP(=O)(O)OP(=O)(O)O)[C@@H](O)[C@H]1O. The molecule has 0 radical (unpaired) electrons. The van der Waals surface area contributed by atoms with E-state index in [0.29, 0.717) is 5.82 Å². The summed E-state index contributed by atoms with van der Waals surface area (Å²) in [5.41, 5.74) is 0.444. The number of hydrogen-bond donors (Lipinski definition) is 7. The molecule has 3 rings (SSSR count). The van der Waals surface area contributed by atoms with Crippen molar-refractivity contribution < 1.29 is 61.4 Å². The topological polar surface area (TPSA) is 265 Å². The fourth-order valence-corrected chi connectivity index (χ4v) is 5.90. The van der Waals surface area contributed by atoms with Crippen LogP contribution in [0.15, 0.2) is 12.7 Å². The van der Waals surface area contributed by atoms with Gasteiger partial charge < -0.3 is 39.8 Å².